The van der Waals surface area contributed by atoms with Gasteiger partial charge in [0.05, 0.1) is 0 Å². The van der Waals surface area contributed by atoms with Crippen molar-refractivity contribution in [1.82, 2.24) is 0 Å². The molecule has 10 aromatic rings. The monoisotopic (exact) mass is 1060 g/mol. The molecule has 0 amide bonds. The van der Waals surface area contributed by atoms with E-state index in [2.05, 4.69) is 128 Å². The van der Waals surface area contributed by atoms with Gasteiger partial charge in [0.15, 0.2) is 0 Å². The van der Waals surface area contributed by atoms with Gasteiger partial charge in [0.1, 0.15) is 23.0 Å². The molecule has 0 unspecified atom stereocenters. The zero-order valence-electron chi connectivity index (χ0n) is 37.1. The number of nitrogens with zero attached hydrogens (tertiary/aromatic N) is 2. The molecule has 0 aliphatic rings. The number of nitrogen functional groups attached to an aromatic ring is 1. The number of anilines is 9. The van der Waals surface area contributed by atoms with Crippen LogP contribution in [0, 0.1) is 0 Å². The first-order valence-corrected chi connectivity index (χ1v) is 22.7. The van der Waals surface area contributed by atoms with Crippen LogP contribution < -0.4 is 30.3 Å². The number of nitrogens with one attached hydrogen (secondary N) is 1. The standard InChI is InChI=1S/C30H24N2O.C24H18BrNO.C6H7N.HI/c1-4-12-24(13-5-1)31-25-14-10-20-29(22-25)33-30-21-11-19-28(23-30)32(26-15-6-2-7-16-26)27-17-8-3-9-18-27;25-19-9-7-15-23(17-19)27-24-16-8-14-22(18-24)26(20-10-3-1-4-11-20)21-12-5-2-6-13-21;7-6-4-2-1-3-5-6;/h1-23,31H;1-18H;1-5H,7H2;1H. The van der Waals surface area contributed by atoms with Gasteiger partial charge in [0.25, 0.3) is 0 Å². The summed E-state index contributed by atoms with van der Waals surface area (Å²) < 4.78 is 13.3. The number of nitrogens with two attached hydrogens (primary N) is 1. The summed E-state index contributed by atoms with van der Waals surface area (Å²) in [6.45, 7) is 0. The number of hydrogen-bond acceptors (Lipinski definition) is 6. The maximum Gasteiger partial charge on any atom is 0.129 e. The van der Waals surface area contributed by atoms with Crippen molar-refractivity contribution in [3.05, 3.63) is 284 Å². The molecule has 0 atom stereocenters. The smallest absolute Gasteiger partial charge is 0.129 e. The first-order chi connectivity index (χ1) is 33.0. The highest BCUT2D eigenvalue weighted by Gasteiger charge is 2.14. The van der Waals surface area contributed by atoms with Crippen LogP contribution in [0.3, 0.4) is 0 Å². The Kier molecular flexibility index (Phi) is 17.9. The van der Waals surface area contributed by atoms with Crippen molar-refractivity contribution < 1.29 is 9.47 Å². The molecule has 3 N–H and O–H groups in total. The topological polar surface area (TPSA) is 63.0 Å². The van der Waals surface area contributed by atoms with Crippen LogP contribution in [0.1, 0.15) is 0 Å². The molecule has 0 spiro atoms. The van der Waals surface area contributed by atoms with Crippen LogP contribution in [0.4, 0.5) is 51.2 Å². The first kappa shape index (κ1) is 48.2. The van der Waals surface area contributed by atoms with E-state index >= 15 is 0 Å². The summed E-state index contributed by atoms with van der Waals surface area (Å²) in [5.74, 6) is 3.15. The van der Waals surface area contributed by atoms with Crippen molar-refractivity contribution >= 4 is 91.1 Å². The fourth-order valence-electron chi connectivity index (χ4n) is 7.16. The van der Waals surface area contributed by atoms with Gasteiger partial charge in [-0.25, -0.2) is 0 Å². The second kappa shape index (κ2) is 25.2. The lowest BCUT2D eigenvalue weighted by atomic mass is 10.2. The van der Waals surface area contributed by atoms with Crippen LogP contribution in [0.15, 0.2) is 284 Å². The number of ether oxygens (including phenoxy) is 2. The number of halogens is 2. The summed E-state index contributed by atoms with van der Waals surface area (Å²) in [5.41, 5.74) is 14.7. The van der Waals surface area contributed by atoms with Crippen LogP contribution in [0.25, 0.3) is 0 Å². The molecule has 0 saturated heterocycles. The van der Waals surface area contributed by atoms with Crippen molar-refractivity contribution in [3.63, 3.8) is 0 Å². The van der Waals surface area contributed by atoms with E-state index in [9.17, 15) is 0 Å². The molecule has 6 nitrogen and oxygen atoms in total. The minimum Gasteiger partial charge on any atom is -0.457 e. The lowest BCUT2D eigenvalue weighted by molar-refractivity contribution is 0.482. The van der Waals surface area contributed by atoms with Crippen LogP contribution >= 0.6 is 39.9 Å². The van der Waals surface area contributed by atoms with E-state index in [-0.39, 0.29) is 24.0 Å². The van der Waals surface area contributed by atoms with E-state index in [1.165, 1.54) is 0 Å². The highest BCUT2D eigenvalue weighted by atomic mass is 127. The molecule has 336 valence electrons. The molecule has 0 radical (unpaired) electrons. The third kappa shape index (κ3) is 14.1. The Bertz CT molecular complexity index is 2950. The van der Waals surface area contributed by atoms with E-state index in [0.717, 1.165) is 78.7 Å². The van der Waals surface area contributed by atoms with Crippen LogP contribution in [0.5, 0.6) is 23.0 Å². The number of rotatable bonds is 12. The average molecular weight is 1070 g/mol. The normalized spacial score (nSPS) is 10.1. The Labute approximate surface area is 425 Å². The second-order valence-corrected chi connectivity index (χ2v) is 16.0. The molecule has 0 fully saturated rings. The molecule has 10 aromatic carbocycles. The fraction of sp³-hybridized carbons (Fsp3) is 0. The third-order valence-corrected chi connectivity index (χ3v) is 10.7. The predicted octanol–water partition coefficient (Wildman–Crippen LogP) is 18.3. The van der Waals surface area contributed by atoms with Gasteiger partial charge in [-0.3, -0.25) is 0 Å². The zero-order chi connectivity index (χ0) is 45.9. The highest BCUT2D eigenvalue weighted by molar-refractivity contribution is 14.0. The molecule has 0 bridgehead atoms. The second-order valence-electron chi connectivity index (χ2n) is 15.1. The van der Waals surface area contributed by atoms with Gasteiger partial charge in [-0.05, 0) is 127 Å². The minimum absolute atomic E-state index is 0. The molecular weight excluding hydrogens is 1020 g/mol. The van der Waals surface area contributed by atoms with E-state index in [4.69, 9.17) is 15.2 Å². The van der Waals surface area contributed by atoms with Crippen molar-refractivity contribution in [2.45, 2.75) is 0 Å². The van der Waals surface area contributed by atoms with E-state index in [1.54, 1.807) is 0 Å². The van der Waals surface area contributed by atoms with Gasteiger partial charge < -0.3 is 30.3 Å². The summed E-state index contributed by atoms with van der Waals surface area (Å²) in [6.07, 6.45) is 0. The van der Waals surface area contributed by atoms with Crippen LogP contribution in [-0.4, -0.2) is 0 Å². The largest absolute Gasteiger partial charge is 0.457 e. The van der Waals surface area contributed by atoms with Crippen molar-refractivity contribution in [1.29, 1.82) is 0 Å². The van der Waals surface area contributed by atoms with Crippen molar-refractivity contribution in [3.8, 4) is 23.0 Å². The van der Waals surface area contributed by atoms with Crippen molar-refractivity contribution in [2.24, 2.45) is 0 Å². The molecule has 10 rings (SSSR count). The van der Waals surface area contributed by atoms with Gasteiger partial charge in [0.2, 0.25) is 0 Å². The lowest BCUT2D eigenvalue weighted by Gasteiger charge is -2.25. The molecule has 0 aliphatic heterocycles. The Morgan fingerprint density at radius 2 is 0.618 bits per heavy atom. The third-order valence-electron chi connectivity index (χ3n) is 10.2. The van der Waals surface area contributed by atoms with Crippen molar-refractivity contribution in [2.75, 3.05) is 20.9 Å². The molecule has 8 heteroatoms. The molecule has 0 heterocycles. The Balaban J connectivity index is 0.000000176. The maximum atomic E-state index is 6.25. The Morgan fingerprint density at radius 3 is 1.00 bits per heavy atom. The fourth-order valence-corrected chi connectivity index (χ4v) is 7.53. The predicted molar refractivity (Wildman–Crippen MR) is 299 cm³/mol. The van der Waals surface area contributed by atoms with E-state index in [1.807, 2.05) is 182 Å². The van der Waals surface area contributed by atoms with Gasteiger partial charge >= 0.3 is 0 Å². The maximum absolute atomic E-state index is 6.25. The highest BCUT2D eigenvalue weighted by Crippen LogP contribution is 2.38. The van der Waals surface area contributed by atoms with Gasteiger partial charge in [0, 0.05) is 73.9 Å². The lowest BCUT2D eigenvalue weighted by Crippen LogP contribution is -2.09. The summed E-state index contributed by atoms with van der Waals surface area (Å²) in [5, 5.41) is 3.41. The molecule has 0 aromatic heterocycles. The SMILES string of the molecule is Brc1cccc(Oc2cccc(N(c3ccccc3)c3ccccc3)c2)c1.I.Nc1ccccc1.c1ccc(Nc2cccc(Oc3cccc(N(c4ccccc4)c4ccccc4)c3)c2)cc1. The van der Waals surface area contributed by atoms with Gasteiger partial charge in [-0.1, -0.05) is 149 Å². The Morgan fingerprint density at radius 1 is 0.309 bits per heavy atom. The number of para-hydroxylation sites is 6. The first-order valence-electron chi connectivity index (χ1n) is 21.9. The van der Waals surface area contributed by atoms with E-state index in [0.29, 0.717) is 0 Å². The molecule has 0 aliphatic carbocycles. The van der Waals surface area contributed by atoms with Crippen LogP contribution in [0.2, 0.25) is 0 Å². The van der Waals surface area contributed by atoms with Gasteiger partial charge in [-0.15, -0.1) is 24.0 Å². The summed E-state index contributed by atoms with van der Waals surface area (Å²) >= 11 is 3.49. The van der Waals surface area contributed by atoms with Crippen LogP contribution in [-0.2, 0) is 0 Å². The zero-order valence-corrected chi connectivity index (χ0v) is 41.0. The van der Waals surface area contributed by atoms with E-state index < -0.39 is 0 Å². The summed E-state index contributed by atoms with van der Waals surface area (Å²) in [4.78, 5) is 4.44. The quantitative estimate of drug-likeness (QED) is 0.0939. The summed E-state index contributed by atoms with van der Waals surface area (Å²) in [6, 6.07) is 93.1. The minimum atomic E-state index is 0. The van der Waals surface area contributed by atoms with Gasteiger partial charge in [-0.2, -0.15) is 0 Å². The average Bonchev–Trinajstić information content (AvgIpc) is 3.37. The summed E-state index contributed by atoms with van der Waals surface area (Å²) in [7, 11) is 0. The Hall–Kier alpha value is -7.79. The number of benzene rings is 10. The molecule has 0 saturated carbocycles. The number of hydrogen-bond donors (Lipinski definition) is 2. The molecular formula is C60H50BrIN4O2. The molecule has 68 heavy (non-hydrogen) atoms.